The Hall–Kier alpha value is -0.500. The molecular formula is C8H9BrN. The molecule has 0 spiro atoms. The monoisotopic (exact) mass is 198 g/mol. The van der Waals surface area contributed by atoms with Gasteiger partial charge in [0.25, 0.3) is 0 Å². The van der Waals surface area contributed by atoms with E-state index < -0.39 is 0 Å². The first-order valence-corrected chi connectivity index (χ1v) is 3.84. The molecule has 0 N–H and O–H groups in total. The minimum absolute atomic E-state index is 0.999. The summed E-state index contributed by atoms with van der Waals surface area (Å²) in [6, 6.07) is 8.97. The molecule has 1 rings (SSSR count). The molecule has 0 aliphatic heterocycles. The van der Waals surface area contributed by atoms with E-state index in [0.29, 0.717) is 0 Å². The highest BCUT2D eigenvalue weighted by Gasteiger charge is 1.93. The van der Waals surface area contributed by atoms with Crippen molar-refractivity contribution in [2.45, 2.75) is 0 Å². The molecule has 0 aliphatic rings. The highest BCUT2D eigenvalue weighted by Crippen LogP contribution is 2.16. The number of halogens is 1. The number of benzene rings is 1. The van der Waals surface area contributed by atoms with Crippen molar-refractivity contribution in [1.82, 2.24) is 0 Å². The first-order chi connectivity index (χ1) is 4.70. The average Bonchev–Trinajstić information content (AvgIpc) is 1.88. The number of anilines is 1. The molecule has 2 heteroatoms. The molecule has 10 heavy (non-hydrogen) atoms. The molecule has 53 valence electrons. The lowest BCUT2D eigenvalue weighted by atomic mass is 10.3. The van der Waals surface area contributed by atoms with Gasteiger partial charge in [0.1, 0.15) is 0 Å². The maximum absolute atomic E-state index is 3.35. The lowest BCUT2D eigenvalue weighted by Gasteiger charge is -2.11. The van der Waals surface area contributed by atoms with Gasteiger partial charge in [-0.2, -0.15) is 0 Å². The lowest BCUT2D eigenvalue weighted by Crippen LogP contribution is -2.07. The normalized spacial score (nSPS) is 9.50. The van der Waals surface area contributed by atoms with Crippen LogP contribution in [-0.4, -0.2) is 14.1 Å². The van der Waals surface area contributed by atoms with Crippen LogP contribution >= 0.6 is 15.9 Å². The topological polar surface area (TPSA) is 3.24 Å². The third kappa shape index (κ3) is 1.74. The fraction of sp³-hybridized carbons (Fsp3) is 0.250. The Morgan fingerprint density at radius 2 is 2.20 bits per heavy atom. The zero-order valence-electron chi connectivity index (χ0n) is 6.06. The van der Waals surface area contributed by atoms with E-state index in [1.54, 1.807) is 0 Å². The molecule has 1 radical (unpaired) electrons. The summed E-state index contributed by atoms with van der Waals surface area (Å²) in [5.74, 6) is 0. The van der Waals surface area contributed by atoms with Gasteiger partial charge in [-0.05, 0) is 18.2 Å². The van der Waals surface area contributed by atoms with Gasteiger partial charge >= 0.3 is 0 Å². The second-order valence-corrected chi connectivity index (χ2v) is 3.14. The van der Waals surface area contributed by atoms with Gasteiger partial charge in [-0.25, -0.2) is 0 Å². The number of hydrogen-bond donors (Lipinski definition) is 0. The van der Waals surface area contributed by atoms with E-state index in [9.17, 15) is 0 Å². The van der Waals surface area contributed by atoms with Crippen molar-refractivity contribution in [1.29, 1.82) is 0 Å². The van der Waals surface area contributed by atoms with E-state index in [-0.39, 0.29) is 0 Å². The smallest absolute Gasteiger partial charge is 0.0372 e. The molecule has 0 amide bonds. The van der Waals surface area contributed by atoms with E-state index in [0.717, 1.165) is 4.47 Å². The Morgan fingerprint density at radius 1 is 1.50 bits per heavy atom. The molecule has 0 saturated heterocycles. The molecular weight excluding hydrogens is 190 g/mol. The van der Waals surface area contributed by atoms with Crippen molar-refractivity contribution in [2.75, 3.05) is 19.0 Å². The van der Waals surface area contributed by atoms with Crippen molar-refractivity contribution in [3.05, 3.63) is 28.7 Å². The molecule has 1 aromatic carbocycles. The van der Waals surface area contributed by atoms with Gasteiger partial charge < -0.3 is 4.90 Å². The van der Waals surface area contributed by atoms with Crippen LogP contribution in [-0.2, 0) is 0 Å². The third-order valence-corrected chi connectivity index (χ3v) is 1.72. The molecule has 0 aliphatic carbocycles. The van der Waals surface area contributed by atoms with E-state index in [1.807, 2.05) is 32.3 Å². The third-order valence-electron chi connectivity index (χ3n) is 1.27. The Bertz CT molecular complexity index is 220. The molecule has 0 fully saturated rings. The fourth-order valence-electron chi connectivity index (χ4n) is 0.704. The van der Waals surface area contributed by atoms with Crippen molar-refractivity contribution in [2.24, 2.45) is 0 Å². The van der Waals surface area contributed by atoms with Crippen LogP contribution in [0, 0.1) is 6.07 Å². The zero-order chi connectivity index (χ0) is 7.56. The van der Waals surface area contributed by atoms with Crippen LogP contribution in [0.1, 0.15) is 0 Å². The van der Waals surface area contributed by atoms with Crippen molar-refractivity contribution in [3.8, 4) is 0 Å². The maximum Gasteiger partial charge on any atom is 0.0372 e. The average molecular weight is 199 g/mol. The van der Waals surface area contributed by atoms with Gasteiger partial charge in [0.15, 0.2) is 0 Å². The van der Waals surface area contributed by atoms with Gasteiger partial charge in [0.05, 0.1) is 0 Å². The van der Waals surface area contributed by atoms with Crippen LogP contribution in [0.3, 0.4) is 0 Å². The first-order valence-electron chi connectivity index (χ1n) is 3.05. The van der Waals surface area contributed by atoms with E-state index in [2.05, 4.69) is 26.9 Å². The maximum atomic E-state index is 3.35. The van der Waals surface area contributed by atoms with Gasteiger partial charge in [-0.3, -0.25) is 0 Å². The van der Waals surface area contributed by atoms with Gasteiger partial charge in [-0.1, -0.05) is 22.0 Å². The van der Waals surface area contributed by atoms with Gasteiger partial charge in [0, 0.05) is 24.3 Å². The molecule has 0 unspecified atom stereocenters. The predicted molar refractivity (Wildman–Crippen MR) is 47.3 cm³/mol. The SMILES string of the molecule is CN(C)c1cc[c]c(Br)c1. The van der Waals surface area contributed by atoms with Crippen molar-refractivity contribution >= 4 is 21.6 Å². The summed E-state index contributed by atoms with van der Waals surface area (Å²) < 4.78 is 0.999. The van der Waals surface area contributed by atoms with Crippen molar-refractivity contribution in [3.63, 3.8) is 0 Å². The minimum atomic E-state index is 0.999. The van der Waals surface area contributed by atoms with Crippen LogP contribution in [0.15, 0.2) is 22.7 Å². The number of hydrogen-bond acceptors (Lipinski definition) is 1. The minimum Gasteiger partial charge on any atom is -0.378 e. The number of rotatable bonds is 1. The zero-order valence-corrected chi connectivity index (χ0v) is 7.64. The molecule has 0 aromatic heterocycles. The molecule has 1 nitrogen and oxygen atoms in total. The number of nitrogens with zero attached hydrogens (tertiary/aromatic N) is 1. The fourth-order valence-corrected chi connectivity index (χ4v) is 1.07. The standard InChI is InChI=1S/C8H9BrN/c1-10(2)8-5-3-4-7(9)6-8/h3,5-6H,1-2H3. The molecule has 0 bridgehead atoms. The van der Waals surface area contributed by atoms with Crippen LogP contribution in [0.25, 0.3) is 0 Å². The highest BCUT2D eigenvalue weighted by atomic mass is 79.9. The van der Waals surface area contributed by atoms with Crippen LogP contribution in [0.5, 0.6) is 0 Å². The summed E-state index contributed by atoms with van der Waals surface area (Å²) in [6.45, 7) is 0. The summed E-state index contributed by atoms with van der Waals surface area (Å²) in [4.78, 5) is 2.05. The second kappa shape index (κ2) is 3.06. The van der Waals surface area contributed by atoms with Crippen LogP contribution < -0.4 is 4.90 Å². The van der Waals surface area contributed by atoms with E-state index >= 15 is 0 Å². The Balaban J connectivity index is 2.96. The summed E-state index contributed by atoms with van der Waals surface area (Å²) in [7, 11) is 4.03. The summed E-state index contributed by atoms with van der Waals surface area (Å²) in [5, 5.41) is 0. The van der Waals surface area contributed by atoms with E-state index in [4.69, 9.17) is 0 Å². The van der Waals surface area contributed by atoms with Gasteiger partial charge in [-0.15, -0.1) is 0 Å². The van der Waals surface area contributed by atoms with Crippen LogP contribution in [0.4, 0.5) is 5.69 Å². The Morgan fingerprint density at radius 3 is 2.60 bits per heavy atom. The lowest BCUT2D eigenvalue weighted by molar-refractivity contribution is 1.13. The van der Waals surface area contributed by atoms with Crippen molar-refractivity contribution < 1.29 is 0 Å². The molecule has 0 heterocycles. The van der Waals surface area contributed by atoms with Crippen LogP contribution in [0.2, 0.25) is 0 Å². The van der Waals surface area contributed by atoms with Gasteiger partial charge in [0.2, 0.25) is 0 Å². The second-order valence-electron chi connectivity index (χ2n) is 2.29. The largest absolute Gasteiger partial charge is 0.378 e. The molecule has 0 saturated carbocycles. The summed E-state index contributed by atoms with van der Waals surface area (Å²) >= 11 is 3.35. The van der Waals surface area contributed by atoms with E-state index in [1.165, 1.54) is 5.69 Å². The molecule has 1 aromatic rings. The Kier molecular flexibility index (Phi) is 2.33. The first kappa shape index (κ1) is 7.61. The summed E-state index contributed by atoms with van der Waals surface area (Å²) in [5.41, 5.74) is 1.19. The quantitative estimate of drug-likeness (QED) is 0.670. The Labute approximate surface area is 69.8 Å². The molecule has 0 atom stereocenters. The highest BCUT2D eigenvalue weighted by molar-refractivity contribution is 9.10. The predicted octanol–water partition coefficient (Wildman–Crippen LogP) is 2.32. The summed E-state index contributed by atoms with van der Waals surface area (Å²) in [6.07, 6.45) is 0.